The van der Waals surface area contributed by atoms with E-state index in [0.29, 0.717) is 0 Å². The van der Waals surface area contributed by atoms with Crippen molar-refractivity contribution >= 4 is 35.2 Å². The Balaban J connectivity index is 1.92. The van der Waals surface area contributed by atoms with Gasteiger partial charge in [-0.25, -0.2) is 0 Å². The maximum Gasteiger partial charge on any atom is 0.265 e. The highest BCUT2D eigenvalue weighted by atomic mass is 32.1. The summed E-state index contributed by atoms with van der Waals surface area (Å²) in [5, 5.41) is 2.65. The van der Waals surface area contributed by atoms with Crippen LogP contribution in [0.2, 0.25) is 0 Å². The second-order valence-electron chi connectivity index (χ2n) is 6.75. The largest absolute Gasteiger partial charge is 0.488 e. The molecule has 0 unspecified atom stereocenters. The standard InChI is InChI=1S/C19H20N2O3S/c1-4-9-21-17(23)14(16(22)20-18(21)25)11-12-5-6-15-13(10-12)7-8-19(2,3)24-15/h4-6,10-11H,1,7-9H2,2-3H3,(H,20,22,25)/b14-11+. The lowest BCUT2D eigenvalue weighted by molar-refractivity contribution is -0.128. The molecule has 2 heterocycles. The Hall–Kier alpha value is -2.47. The van der Waals surface area contributed by atoms with Crippen LogP contribution in [-0.2, 0) is 16.0 Å². The molecule has 0 aromatic heterocycles. The molecule has 0 bridgehead atoms. The van der Waals surface area contributed by atoms with Gasteiger partial charge in [0.25, 0.3) is 11.8 Å². The molecule has 2 aliphatic heterocycles. The van der Waals surface area contributed by atoms with Crippen LogP contribution in [0.25, 0.3) is 6.08 Å². The van der Waals surface area contributed by atoms with Crippen LogP contribution in [0.1, 0.15) is 31.4 Å². The number of carbonyl (C=O) groups excluding carboxylic acids is 2. The summed E-state index contributed by atoms with van der Waals surface area (Å²) in [5.41, 5.74) is 1.75. The summed E-state index contributed by atoms with van der Waals surface area (Å²) in [6.07, 6.45) is 4.97. The van der Waals surface area contributed by atoms with Crippen LogP contribution >= 0.6 is 12.2 Å². The van der Waals surface area contributed by atoms with Crippen molar-refractivity contribution in [3.05, 3.63) is 47.6 Å². The molecule has 6 heteroatoms. The van der Waals surface area contributed by atoms with E-state index in [4.69, 9.17) is 17.0 Å². The first-order chi connectivity index (χ1) is 11.8. The van der Waals surface area contributed by atoms with Gasteiger partial charge in [0, 0.05) is 6.54 Å². The number of nitrogens with zero attached hydrogens (tertiary/aromatic N) is 1. The van der Waals surface area contributed by atoms with Crippen molar-refractivity contribution in [2.24, 2.45) is 0 Å². The predicted octanol–water partition coefficient (Wildman–Crippen LogP) is 2.60. The summed E-state index contributed by atoms with van der Waals surface area (Å²) in [6, 6.07) is 5.70. The van der Waals surface area contributed by atoms with Crippen LogP contribution in [0.15, 0.2) is 36.4 Å². The molecule has 2 amide bonds. The molecule has 0 atom stereocenters. The van der Waals surface area contributed by atoms with E-state index in [1.165, 1.54) is 4.90 Å². The number of amides is 2. The van der Waals surface area contributed by atoms with Gasteiger partial charge in [-0.15, -0.1) is 6.58 Å². The van der Waals surface area contributed by atoms with Crippen molar-refractivity contribution in [3.8, 4) is 5.75 Å². The molecule has 3 rings (SSSR count). The molecule has 0 aliphatic carbocycles. The topological polar surface area (TPSA) is 58.6 Å². The quantitative estimate of drug-likeness (QED) is 0.391. The number of hydrogen-bond donors (Lipinski definition) is 1. The van der Waals surface area contributed by atoms with E-state index in [-0.39, 0.29) is 22.8 Å². The number of thiocarbonyl (C=S) groups is 1. The molecule has 0 spiro atoms. The Kier molecular flexibility index (Phi) is 4.47. The molecule has 5 nitrogen and oxygen atoms in total. The average Bonchev–Trinajstić information content (AvgIpc) is 2.55. The molecular formula is C19H20N2O3S. The highest BCUT2D eigenvalue weighted by Gasteiger charge is 2.33. The van der Waals surface area contributed by atoms with Crippen molar-refractivity contribution in [1.82, 2.24) is 10.2 Å². The first-order valence-electron chi connectivity index (χ1n) is 8.12. The van der Waals surface area contributed by atoms with Gasteiger partial charge in [-0.3, -0.25) is 19.8 Å². The predicted molar refractivity (Wildman–Crippen MR) is 100 cm³/mol. The van der Waals surface area contributed by atoms with E-state index in [2.05, 4.69) is 25.7 Å². The van der Waals surface area contributed by atoms with E-state index in [1.807, 2.05) is 18.2 Å². The molecule has 2 aliphatic rings. The Morgan fingerprint density at radius 1 is 1.40 bits per heavy atom. The van der Waals surface area contributed by atoms with Crippen molar-refractivity contribution in [2.45, 2.75) is 32.3 Å². The molecule has 1 saturated heterocycles. The van der Waals surface area contributed by atoms with E-state index in [9.17, 15) is 9.59 Å². The molecule has 0 radical (unpaired) electrons. The monoisotopic (exact) mass is 356 g/mol. The summed E-state index contributed by atoms with van der Waals surface area (Å²) in [4.78, 5) is 26.0. The lowest BCUT2D eigenvalue weighted by atomic mass is 9.93. The van der Waals surface area contributed by atoms with Crippen LogP contribution in [0.5, 0.6) is 5.75 Å². The van der Waals surface area contributed by atoms with Gasteiger partial charge in [0.05, 0.1) is 0 Å². The number of fused-ring (bicyclic) bond motifs is 1. The molecule has 1 aromatic rings. The van der Waals surface area contributed by atoms with Gasteiger partial charge >= 0.3 is 0 Å². The third kappa shape index (κ3) is 3.49. The third-order valence-electron chi connectivity index (χ3n) is 4.28. The number of nitrogens with one attached hydrogen (secondary N) is 1. The lowest BCUT2D eigenvalue weighted by Gasteiger charge is -2.32. The summed E-state index contributed by atoms with van der Waals surface area (Å²) in [5.74, 6) is -0.0403. The average molecular weight is 356 g/mol. The SMILES string of the molecule is C=CCN1C(=O)/C(=C/c2ccc3c(c2)CCC(C)(C)O3)C(=O)NC1=S. The maximum atomic E-state index is 12.6. The first kappa shape index (κ1) is 17.4. The van der Waals surface area contributed by atoms with Crippen molar-refractivity contribution < 1.29 is 14.3 Å². The van der Waals surface area contributed by atoms with E-state index >= 15 is 0 Å². The van der Waals surface area contributed by atoms with Crippen molar-refractivity contribution in [2.75, 3.05) is 6.54 Å². The summed E-state index contributed by atoms with van der Waals surface area (Å²) in [6.45, 7) is 7.99. The van der Waals surface area contributed by atoms with Crippen LogP contribution in [-0.4, -0.2) is 34.0 Å². The Labute approximate surface area is 152 Å². The summed E-state index contributed by atoms with van der Waals surface area (Å²) < 4.78 is 5.97. The van der Waals surface area contributed by atoms with Crippen LogP contribution in [0.4, 0.5) is 0 Å². The summed E-state index contributed by atoms with van der Waals surface area (Å²) in [7, 11) is 0. The fourth-order valence-corrected chi connectivity index (χ4v) is 3.17. The molecule has 130 valence electrons. The molecule has 25 heavy (non-hydrogen) atoms. The minimum atomic E-state index is -0.481. The molecule has 1 aromatic carbocycles. The first-order valence-corrected chi connectivity index (χ1v) is 8.53. The second-order valence-corrected chi connectivity index (χ2v) is 7.14. The van der Waals surface area contributed by atoms with Crippen LogP contribution in [0, 0.1) is 0 Å². The maximum absolute atomic E-state index is 12.6. The van der Waals surface area contributed by atoms with Crippen molar-refractivity contribution in [3.63, 3.8) is 0 Å². The molecular weight excluding hydrogens is 336 g/mol. The highest BCUT2D eigenvalue weighted by molar-refractivity contribution is 7.80. The third-order valence-corrected chi connectivity index (χ3v) is 4.60. The minimum absolute atomic E-state index is 0.0625. The Morgan fingerprint density at radius 3 is 2.88 bits per heavy atom. The Morgan fingerprint density at radius 2 is 2.16 bits per heavy atom. The fourth-order valence-electron chi connectivity index (χ4n) is 2.92. The van der Waals surface area contributed by atoms with Gasteiger partial charge in [-0.05, 0) is 68.2 Å². The Bertz CT molecular complexity index is 811. The summed E-state index contributed by atoms with van der Waals surface area (Å²) >= 11 is 5.05. The van der Waals surface area contributed by atoms with Gasteiger partial charge < -0.3 is 4.74 Å². The second kappa shape index (κ2) is 6.44. The van der Waals surface area contributed by atoms with Crippen LogP contribution in [0.3, 0.4) is 0 Å². The van der Waals surface area contributed by atoms with Gasteiger partial charge in [-0.1, -0.05) is 12.1 Å². The van der Waals surface area contributed by atoms with Crippen molar-refractivity contribution in [1.29, 1.82) is 0 Å². The van der Waals surface area contributed by atoms with Crippen LogP contribution < -0.4 is 10.1 Å². The van der Waals surface area contributed by atoms with E-state index in [1.54, 1.807) is 12.2 Å². The number of hydrogen-bond acceptors (Lipinski definition) is 4. The highest BCUT2D eigenvalue weighted by Crippen LogP contribution is 2.34. The van der Waals surface area contributed by atoms with E-state index in [0.717, 1.165) is 29.7 Å². The zero-order valence-electron chi connectivity index (χ0n) is 14.3. The van der Waals surface area contributed by atoms with Gasteiger partial charge in [0.1, 0.15) is 16.9 Å². The van der Waals surface area contributed by atoms with E-state index < -0.39 is 11.8 Å². The molecule has 1 fully saturated rings. The smallest absolute Gasteiger partial charge is 0.265 e. The zero-order chi connectivity index (χ0) is 18.2. The van der Waals surface area contributed by atoms with Gasteiger partial charge in [0.15, 0.2) is 5.11 Å². The normalized spacial score (nSPS) is 20.8. The fraction of sp³-hybridized carbons (Fsp3) is 0.316. The number of aryl methyl sites for hydroxylation is 1. The van der Waals surface area contributed by atoms with Gasteiger partial charge in [0.2, 0.25) is 0 Å². The number of carbonyl (C=O) groups is 2. The zero-order valence-corrected chi connectivity index (χ0v) is 15.1. The number of benzene rings is 1. The molecule has 0 saturated carbocycles. The lowest BCUT2D eigenvalue weighted by Crippen LogP contribution is -2.53. The molecule has 1 N–H and O–H groups in total. The van der Waals surface area contributed by atoms with Gasteiger partial charge in [-0.2, -0.15) is 0 Å². The number of rotatable bonds is 3. The number of ether oxygens (including phenoxy) is 1. The minimum Gasteiger partial charge on any atom is -0.488 e.